The molecule has 0 fully saturated rings. The van der Waals surface area contributed by atoms with Gasteiger partial charge in [-0.15, -0.1) is 0 Å². The highest BCUT2D eigenvalue weighted by atomic mass is 19.1. The quantitative estimate of drug-likeness (QED) is 0.469. The fourth-order valence-electron chi connectivity index (χ4n) is 3.00. The van der Waals surface area contributed by atoms with Crippen LogP contribution in [0, 0.1) is 12.7 Å². The number of aliphatic hydroxyl groups is 1. The Morgan fingerprint density at radius 1 is 1.14 bits per heavy atom. The molecule has 0 aliphatic rings. The molecule has 2 heterocycles. The lowest BCUT2D eigenvalue weighted by atomic mass is 10.0. The number of nitrogens with one attached hydrogen (secondary N) is 1. The van der Waals surface area contributed by atoms with Gasteiger partial charge >= 0.3 is 0 Å². The zero-order chi connectivity index (χ0) is 20.1. The fourth-order valence-corrected chi connectivity index (χ4v) is 3.00. The van der Waals surface area contributed by atoms with Crippen molar-refractivity contribution in [2.24, 2.45) is 0 Å². The minimum absolute atomic E-state index is 0.0204. The number of hydrogen-bond donors (Lipinski definition) is 3. The molecule has 0 atom stereocenters. The Labute approximate surface area is 160 Å². The lowest BCUT2D eigenvalue weighted by molar-refractivity contribution is -0.122. The van der Waals surface area contributed by atoms with Crippen LogP contribution in [-0.4, -0.2) is 31.9 Å². The fraction of sp³-hybridized carbons (Fsp3) is 0.0952. The van der Waals surface area contributed by atoms with Crippen LogP contribution in [0.15, 0.2) is 54.7 Å². The van der Waals surface area contributed by atoms with Gasteiger partial charge in [0.25, 0.3) is 6.47 Å². The number of benzene rings is 2. The molecule has 0 aliphatic heterocycles. The Kier molecular flexibility index (Phi) is 5.76. The lowest BCUT2D eigenvalue weighted by Crippen LogP contribution is -1.92. The molecule has 2 aromatic heterocycles. The van der Waals surface area contributed by atoms with E-state index in [-0.39, 0.29) is 18.9 Å². The largest absolute Gasteiger partial charge is 0.483 e. The number of carboxylic acid groups (broad SMARTS) is 1. The van der Waals surface area contributed by atoms with Crippen LogP contribution in [0.5, 0.6) is 0 Å². The first-order valence-corrected chi connectivity index (χ1v) is 8.46. The number of carbonyl (C=O) groups is 1. The number of H-pyrrole nitrogens is 1. The summed E-state index contributed by atoms with van der Waals surface area (Å²) in [6.07, 6.45) is 1.72. The van der Waals surface area contributed by atoms with Gasteiger partial charge in [-0.25, -0.2) is 9.37 Å². The lowest BCUT2D eigenvalue weighted by Gasteiger charge is -2.08. The average molecular weight is 379 g/mol. The summed E-state index contributed by atoms with van der Waals surface area (Å²) < 4.78 is 13.2. The number of rotatable bonds is 3. The first kappa shape index (κ1) is 19.2. The van der Waals surface area contributed by atoms with Crippen molar-refractivity contribution >= 4 is 17.4 Å². The molecule has 3 N–H and O–H groups in total. The van der Waals surface area contributed by atoms with Crippen LogP contribution in [-0.2, 0) is 11.4 Å². The number of aromatic amines is 1. The van der Waals surface area contributed by atoms with Gasteiger partial charge in [-0.1, -0.05) is 12.1 Å². The summed E-state index contributed by atoms with van der Waals surface area (Å²) in [4.78, 5) is 13.1. The van der Waals surface area contributed by atoms with Crippen LogP contribution in [0.4, 0.5) is 4.39 Å². The summed E-state index contributed by atoms with van der Waals surface area (Å²) in [5.41, 5.74) is 6.02. The molecule has 0 saturated carbocycles. The third kappa shape index (κ3) is 3.89. The molecule has 0 radical (unpaired) electrons. The van der Waals surface area contributed by atoms with E-state index < -0.39 is 0 Å². The van der Waals surface area contributed by atoms with Gasteiger partial charge in [-0.3, -0.25) is 9.89 Å². The molecule has 6 nitrogen and oxygen atoms in total. The molecule has 4 aromatic rings. The average Bonchev–Trinajstić information content (AvgIpc) is 3.18. The maximum atomic E-state index is 13.2. The van der Waals surface area contributed by atoms with Crippen molar-refractivity contribution in [2.45, 2.75) is 13.5 Å². The van der Waals surface area contributed by atoms with Gasteiger partial charge in [0.05, 0.1) is 29.7 Å². The highest BCUT2D eigenvalue weighted by molar-refractivity contribution is 5.88. The van der Waals surface area contributed by atoms with Crippen LogP contribution in [0.1, 0.15) is 11.1 Å². The van der Waals surface area contributed by atoms with Gasteiger partial charge in [0.15, 0.2) is 0 Å². The third-order valence-corrected chi connectivity index (χ3v) is 4.31. The van der Waals surface area contributed by atoms with Crippen molar-refractivity contribution in [3.8, 4) is 22.5 Å². The SMILES string of the molecule is Cc1cc(-c2cn[nH]c2-c2ccc(F)cc2)nc2cc(CO)ccc12.O=CO. The van der Waals surface area contributed by atoms with Gasteiger partial charge in [-0.05, 0) is 54.4 Å². The highest BCUT2D eigenvalue weighted by Gasteiger charge is 2.13. The smallest absolute Gasteiger partial charge is 0.290 e. The number of nitrogens with zero attached hydrogens (tertiary/aromatic N) is 2. The van der Waals surface area contributed by atoms with Crippen molar-refractivity contribution in [2.75, 3.05) is 0 Å². The maximum absolute atomic E-state index is 13.2. The second-order valence-corrected chi connectivity index (χ2v) is 6.10. The van der Waals surface area contributed by atoms with E-state index in [2.05, 4.69) is 10.2 Å². The van der Waals surface area contributed by atoms with E-state index in [1.807, 2.05) is 31.2 Å². The molecule has 0 amide bonds. The summed E-state index contributed by atoms with van der Waals surface area (Å²) in [5, 5.41) is 24.4. The molecule has 142 valence electrons. The Balaban J connectivity index is 0.000000706. The molecule has 28 heavy (non-hydrogen) atoms. The predicted molar refractivity (Wildman–Crippen MR) is 104 cm³/mol. The van der Waals surface area contributed by atoms with Crippen molar-refractivity contribution in [1.82, 2.24) is 15.2 Å². The van der Waals surface area contributed by atoms with Gasteiger partial charge in [0.1, 0.15) is 5.82 Å². The van der Waals surface area contributed by atoms with E-state index in [1.54, 1.807) is 18.3 Å². The Bertz CT molecular complexity index is 1110. The van der Waals surface area contributed by atoms with E-state index in [1.165, 1.54) is 12.1 Å². The summed E-state index contributed by atoms with van der Waals surface area (Å²) >= 11 is 0. The van der Waals surface area contributed by atoms with Gasteiger partial charge in [-0.2, -0.15) is 5.10 Å². The first-order chi connectivity index (χ1) is 13.6. The van der Waals surface area contributed by atoms with Crippen molar-refractivity contribution in [1.29, 1.82) is 0 Å². The van der Waals surface area contributed by atoms with E-state index >= 15 is 0 Å². The number of halogens is 1. The van der Waals surface area contributed by atoms with Gasteiger partial charge in [0, 0.05) is 16.5 Å². The molecule has 7 heteroatoms. The molecule has 2 aromatic carbocycles. The molecule has 0 unspecified atom stereocenters. The van der Waals surface area contributed by atoms with E-state index in [9.17, 15) is 9.50 Å². The summed E-state index contributed by atoms with van der Waals surface area (Å²) in [6.45, 7) is 1.76. The van der Waals surface area contributed by atoms with Gasteiger partial charge < -0.3 is 10.2 Å². The minimum Gasteiger partial charge on any atom is -0.483 e. The number of aliphatic hydroxyl groups excluding tert-OH is 1. The van der Waals surface area contributed by atoms with Crippen LogP contribution >= 0.6 is 0 Å². The number of hydrogen-bond acceptors (Lipinski definition) is 4. The Morgan fingerprint density at radius 3 is 2.54 bits per heavy atom. The summed E-state index contributed by atoms with van der Waals surface area (Å²) in [6, 6.07) is 14.1. The van der Waals surface area contributed by atoms with E-state index in [0.29, 0.717) is 0 Å². The summed E-state index contributed by atoms with van der Waals surface area (Å²) in [5.74, 6) is -0.277. The zero-order valence-electron chi connectivity index (χ0n) is 15.1. The molecule has 0 saturated heterocycles. The van der Waals surface area contributed by atoms with Crippen LogP contribution in [0.3, 0.4) is 0 Å². The first-order valence-electron chi connectivity index (χ1n) is 8.46. The number of aryl methyl sites for hydroxylation is 1. The number of pyridine rings is 1. The third-order valence-electron chi connectivity index (χ3n) is 4.31. The van der Waals surface area contributed by atoms with Gasteiger partial charge in [0.2, 0.25) is 0 Å². The molecule has 0 spiro atoms. The second-order valence-electron chi connectivity index (χ2n) is 6.10. The van der Waals surface area contributed by atoms with Crippen LogP contribution < -0.4 is 0 Å². The molecule has 0 bridgehead atoms. The second kappa shape index (κ2) is 8.41. The van der Waals surface area contributed by atoms with E-state index in [0.717, 1.165) is 44.5 Å². The van der Waals surface area contributed by atoms with Crippen LogP contribution in [0.25, 0.3) is 33.4 Å². The van der Waals surface area contributed by atoms with Crippen molar-refractivity contribution in [3.63, 3.8) is 0 Å². The normalized spacial score (nSPS) is 10.4. The van der Waals surface area contributed by atoms with E-state index in [4.69, 9.17) is 14.9 Å². The molecular formula is C21H18FN3O3. The topological polar surface area (TPSA) is 99.1 Å². The number of fused-ring (bicyclic) bond motifs is 1. The Hall–Kier alpha value is -3.58. The molecule has 4 rings (SSSR count). The standard InChI is InChI=1S/C20H16FN3O.CH2O2/c1-12-8-18(23-19-9-13(11-25)2-7-16(12)19)17-10-22-24-20(17)14-3-5-15(21)6-4-14;2-1-3/h2-10,25H,11H2,1H3,(H,22,24);1H,(H,2,3). The highest BCUT2D eigenvalue weighted by Crippen LogP contribution is 2.31. The molecule has 0 aliphatic carbocycles. The Morgan fingerprint density at radius 2 is 1.86 bits per heavy atom. The zero-order valence-corrected chi connectivity index (χ0v) is 15.1. The monoisotopic (exact) mass is 379 g/mol. The summed E-state index contributed by atoms with van der Waals surface area (Å²) in [7, 11) is 0. The maximum Gasteiger partial charge on any atom is 0.290 e. The molecular weight excluding hydrogens is 361 g/mol. The van der Waals surface area contributed by atoms with Crippen LogP contribution in [0.2, 0.25) is 0 Å². The number of aromatic nitrogens is 3. The predicted octanol–water partition coefficient (Wildman–Crippen LogP) is 3.93. The van der Waals surface area contributed by atoms with Crippen molar-refractivity contribution < 1.29 is 19.4 Å². The van der Waals surface area contributed by atoms with Crippen molar-refractivity contribution in [3.05, 3.63) is 71.7 Å². The minimum atomic E-state index is -0.277.